The second kappa shape index (κ2) is 7.10. The maximum atomic E-state index is 6.77. The normalized spacial score (nSPS) is 19.6. The van der Waals surface area contributed by atoms with Crippen LogP contribution in [0.3, 0.4) is 0 Å². The van der Waals surface area contributed by atoms with E-state index in [0.717, 1.165) is 38.5 Å². The third-order valence-corrected chi connectivity index (χ3v) is 5.38. The van der Waals surface area contributed by atoms with Crippen LogP contribution in [0.25, 0.3) is 0 Å². The highest BCUT2D eigenvalue weighted by atomic mass is 35.5. The van der Waals surface area contributed by atoms with Gasteiger partial charge in [-0.15, -0.1) is 0 Å². The van der Waals surface area contributed by atoms with Crippen molar-refractivity contribution >= 4 is 11.6 Å². The van der Waals surface area contributed by atoms with Crippen molar-refractivity contribution in [1.82, 2.24) is 0 Å². The zero-order valence-corrected chi connectivity index (χ0v) is 14.9. The lowest BCUT2D eigenvalue weighted by Gasteiger charge is -2.45. The Morgan fingerprint density at radius 1 is 1.23 bits per heavy atom. The third kappa shape index (κ3) is 2.69. The van der Waals surface area contributed by atoms with E-state index in [1.165, 1.54) is 11.1 Å². The number of nitrogens with two attached hydrogens (primary N) is 1. The molecule has 0 spiro atoms. The van der Waals surface area contributed by atoms with Crippen LogP contribution in [0.15, 0.2) is 6.07 Å². The summed E-state index contributed by atoms with van der Waals surface area (Å²) in [6.45, 7) is 4.43. The van der Waals surface area contributed by atoms with E-state index < -0.39 is 0 Å². The minimum Gasteiger partial charge on any atom is -0.493 e. The van der Waals surface area contributed by atoms with Gasteiger partial charge in [-0.3, -0.25) is 0 Å². The van der Waals surface area contributed by atoms with Gasteiger partial charge in [-0.1, -0.05) is 38.3 Å². The van der Waals surface area contributed by atoms with Gasteiger partial charge in [0.05, 0.1) is 19.2 Å². The van der Waals surface area contributed by atoms with Crippen molar-refractivity contribution in [3.8, 4) is 11.5 Å². The number of aryl methyl sites for hydroxylation is 1. The molecule has 0 heterocycles. The quantitative estimate of drug-likeness (QED) is 0.839. The molecule has 2 N–H and O–H groups in total. The zero-order chi connectivity index (χ0) is 16.3. The van der Waals surface area contributed by atoms with Gasteiger partial charge in [0.15, 0.2) is 11.5 Å². The molecule has 3 nitrogen and oxygen atoms in total. The van der Waals surface area contributed by atoms with Crippen molar-refractivity contribution in [3.63, 3.8) is 0 Å². The Hall–Kier alpha value is -0.930. The molecular formula is C18H28ClNO2. The number of hydrogen-bond acceptors (Lipinski definition) is 3. The van der Waals surface area contributed by atoms with E-state index in [0.29, 0.717) is 16.5 Å². The number of halogens is 1. The molecule has 0 amide bonds. The summed E-state index contributed by atoms with van der Waals surface area (Å²) in [5.41, 5.74) is 9.03. The van der Waals surface area contributed by atoms with E-state index in [1.54, 1.807) is 14.2 Å². The van der Waals surface area contributed by atoms with Crippen LogP contribution in [-0.2, 0) is 11.8 Å². The largest absolute Gasteiger partial charge is 0.493 e. The minimum absolute atomic E-state index is 0.0479. The molecule has 124 valence electrons. The predicted octanol–water partition coefficient (Wildman–Crippen LogP) is 4.47. The highest BCUT2D eigenvalue weighted by Crippen LogP contribution is 2.51. The highest BCUT2D eigenvalue weighted by Gasteiger charge is 2.43. The van der Waals surface area contributed by atoms with E-state index in [4.69, 9.17) is 26.8 Å². The van der Waals surface area contributed by atoms with Crippen molar-refractivity contribution in [2.24, 2.45) is 5.73 Å². The van der Waals surface area contributed by atoms with Gasteiger partial charge in [-0.05, 0) is 42.9 Å². The molecule has 1 aliphatic carbocycles. The van der Waals surface area contributed by atoms with Gasteiger partial charge in [-0.2, -0.15) is 0 Å². The summed E-state index contributed by atoms with van der Waals surface area (Å²) in [6.07, 6.45) is 6.26. The predicted molar refractivity (Wildman–Crippen MR) is 92.3 cm³/mol. The fraction of sp³-hybridized carbons (Fsp3) is 0.667. The standard InChI is InChI=1S/C18H28ClNO2/c1-5-9-18(10-6-2)14(20)8-7-12-11-13(21-3)17(22-4)16(19)15(12)18/h11,14H,5-10,20H2,1-4H3. The topological polar surface area (TPSA) is 44.5 Å². The lowest BCUT2D eigenvalue weighted by atomic mass is 9.62. The van der Waals surface area contributed by atoms with Crippen LogP contribution in [0.2, 0.25) is 5.02 Å². The molecule has 22 heavy (non-hydrogen) atoms. The molecule has 0 saturated heterocycles. The molecule has 2 rings (SSSR count). The third-order valence-electron chi connectivity index (χ3n) is 5.02. The molecule has 0 saturated carbocycles. The molecule has 1 aromatic rings. The second-order valence-electron chi connectivity index (χ2n) is 6.26. The molecule has 0 bridgehead atoms. The van der Waals surface area contributed by atoms with Crippen molar-refractivity contribution in [2.45, 2.75) is 63.8 Å². The summed E-state index contributed by atoms with van der Waals surface area (Å²) in [5.74, 6) is 1.34. The Balaban J connectivity index is 2.71. The molecule has 1 unspecified atom stereocenters. The molecule has 0 aromatic heterocycles. The van der Waals surface area contributed by atoms with Crippen molar-refractivity contribution < 1.29 is 9.47 Å². The number of rotatable bonds is 6. The van der Waals surface area contributed by atoms with Gasteiger partial charge in [0, 0.05) is 11.5 Å². The van der Waals surface area contributed by atoms with Gasteiger partial charge in [0.2, 0.25) is 0 Å². The average Bonchev–Trinajstić information content (AvgIpc) is 2.50. The molecule has 1 aliphatic rings. The zero-order valence-electron chi connectivity index (χ0n) is 14.2. The first-order valence-corrected chi connectivity index (χ1v) is 8.62. The van der Waals surface area contributed by atoms with Crippen molar-refractivity contribution in [2.75, 3.05) is 14.2 Å². The summed E-state index contributed by atoms with van der Waals surface area (Å²) in [5, 5.41) is 0.689. The maximum absolute atomic E-state index is 6.77. The fourth-order valence-corrected chi connectivity index (χ4v) is 4.63. The Morgan fingerprint density at radius 2 is 1.86 bits per heavy atom. The van der Waals surface area contributed by atoms with Crippen LogP contribution in [-0.4, -0.2) is 20.3 Å². The lowest BCUT2D eigenvalue weighted by molar-refractivity contribution is 0.259. The van der Waals surface area contributed by atoms with E-state index in [9.17, 15) is 0 Å². The van der Waals surface area contributed by atoms with Crippen molar-refractivity contribution in [3.05, 3.63) is 22.2 Å². The molecule has 1 atom stereocenters. The van der Waals surface area contributed by atoms with Crippen LogP contribution in [0.5, 0.6) is 11.5 Å². The Morgan fingerprint density at radius 3 is 2.36 bits per heavy atom. The molecule has 4 heteroatoms. The first-order chi connectivity index (χ1) is 10.6. The van der Waals surface area contributed by atoms with Gasteiger partial charge < -0.3 is 15.2 Å². The molecule has 1 aromatic carbocycles. The summed E-state index contributed by atoms with van der Waals surface area (Å²) >= 11 is 6.77. The number of ether oxygens (including phenoxy) is 2. The van der Waals surface area contributed by atoms with Crippen LogP contribution in [0.1, 0.15) is 57.1 Å². The lowest BCUT2D eigenvalue weighted by Crippen LogP contribution is -2.49. The van der Waals surface area contributed by atoms with Gasteiger partial charge in [-0.25, -0.2) is 0 Å². The minimum atomic E-state index is -0.0479. The smallest absolute Gasteiger partial charge is 0.179 e. The molecule has 0 aliphatic heterocycles. The summed E-state index contributed by atoms with van der Waals surface area (Å²) in [4.78, 5) is 0. The average molecular weight is 326 g/mol. The maximum Gasteiger partial charge on any atom is 0.179 e. The molecule has 0 radical (unpaired) electrons. The Labute approximate surface area is 139 Å². The monoisotopic (exact) mass is 325 g/mol. The number of benzene rings is 1. The molecule has 0 fully saturated rings. The first-order valence-electron chi connectivity index (χ1n) is 8.25. The number of hydrogen-bond donors (Lipinski definition) is 1. The first kappa shape index (κ1) is 17.4. The fourth-order valence-electron chi connectivity index (χ4n) is 4.15. The Bertz CT molecular complexity index is 524. The van der Waals surface area contributed by atoms with E-state index in [-0.39, 0.29) is 11.5 Å². The van der Waals surface area contributed by atoms with Gasteiger partial charge in [0.25, 0.3) is 0 Å². The van der Waals surface area contributed by atoms with E-state index in [2.05, 4.69) is 19.9 Å². The SMILES string of the molecule is CCCC1(CCC)c2c(cc(OC)c(OC)c2Cl)CCC1N. The van der Waals surface area contributed by atoms with Crippen LogP contribution >= 0.6 is 11.6 Å². The summed E-state index contributed by atoms with van der Waals surface area (Å²) in [7, 11) is 3.29. The number of methoxy groups -OCH3 is 2. The second-order valence-corrected chi connectivity index (χ2v) is 6.64. The van der Waals surface area contributed by atoms with E-state index >= 15 is 0 Å². The highest BCUT2D eigenvalue weighted by molar-refractivity contribution is 6.33. The summed E-state index contributed by atoms with van der Waals surface area (Å²) < 4.78 is 11.0. The van der Waals surface area contributed by atoms with Gasteiger partial charge >= 0.3 is 0 Å². The van der Waals surface area contributed by atoms with Crippen molar-refractivity contribution in [1.29, 1.82) is 0 Å². The van der Waals surface area contributed by atoms with Crippen LogP contribution < -0.4 is 15.2 Å². The van der Waals surface area contributed by atoms with E-state index in [1.807, 2.05) is 0 Å². The van der Waals surface area contributed by atoms with Gasteiger partial charge in [0.1, 0.15) is 0 Å². The number of fused-ring (bicyclic) bond motifs is 1. The van der Waals surface area contributed by atoms with Crippen LogP contribution in [0, 0.1) is 0 Å². The summed E-state index contributed by atoms with van der Waals surface area (Å²) in [6, 6.07) is 2.24. The van der Waals surface area contributed by atoms with Crippen LogP contribution in [0.4, 0.5) is 0 Å². The Kier molecular flexibility index (Phi) is 5.62. The molecular weight excluding hydrogens is 298 g/mol.